The van der Waals surface area contributed by atoms with E-state index >= 15 is 0 Å². The highest BCUT2D eigenvalue weighted by Crippen LogP contribution is 2.34. The molecule has 0 aromatic heterocycles. The van der Waals surface area contributed by atoms with E-state index < -0.39 is 22.7 Å². The molecule has 0 radical (unpaired) electrons. The molecule has 1 rings (SSSR count). The van der Waals surface area contributed by atoms with Gasteiger partial charge in [-0.15, -0.1) is 11.6 Å². The van der Waals surface area contributed by atoms with Crippen LogP contribution in [0, 0.1) is 5.92 Å². The Kier molecular flexibility index (Phi) is 7.51. The van der Waals surface area contributed by atoms with E-state index in [-0.39, 0.29) is 0 Å². The van der Waals surface area contributed by atoms with Crippen LogP contribution in [0.4, 0.5) is 0 Å². The number of hydrogen-bond acceptors (Lipinski definition) is 4. The third kappa shape index (κ3) is 4.88. The first-order valence-electron chi connectivity index (χ1n) is 7.45. The lowest BCUT2D eigenvalue weighted by molar-refractivity contribution is -0.155. The molecule has 1 aliphatic rings. The number of carbonyl (C=O) groups excluding carboxylic acids is 2. The molecule has 0 bridgehead atoms. The number of alkyl halides is 1. The minimum Gasteiger partial charge on any atom is -0.465 e. The maximum absolute atomic E-state index is 12.2. The predicted molar refractivity (Wildman–Crippen MR) is 82.1 cm³/mol. The number of ether oxygens (including phenoxy) is 2. The van der Waals surface area contributed by atoms with Gasteiger partial charge in [0, 0.05) is 0 Å². The molecule has 2 unspecified atom stereocenters. The molecule has 0 fully saturated rings. The normalized spacial score (nSPS) is 23.9. The van der Waals surface area contributed by atoms with E-state index in [4.69, 9.17) is 21.1 Å². The lowest BCUT2D eigenvalue weighted by Crippen LogP contribution is -2.45. The summed E-state index contributed by atoms with van der Waals surface area (Å²) in [5.74, 6) is -1.95. The van der Waals surface area contributed by atoms with Crippen molar-refractivity contribution in [3.8, 4) is 0 Å². The summed E-state index contributed by atoms with van der Waals surface area (Å²) in [6.07, 6.45) is 9.81. The first-order valence-corrected chi connectivity index (χ1v) is 7.82. The summed E-state index contributed by atoms with van der Waals surface area (Å²) < 4.78 is 10.3. The average molecular weight is 315 g/mol. The minimum absolute atomic E-state index is 0.305. The highest BCUT2D eigenvalue weighted by Gasteiger charge is 2.47. The van der Waals surface area contributed by atoms with Crippen LogP contribution in [0.3, 0.4) is 0 Å². The van der Waals surface area contributed by atoms with Gasteiger partial charge in [0.15, 0.2) is 4.87 Å². The molecule has 0 N–H and O–H groups in total. The summed E-state index contributed by atoms with van der Waals surface area (Å²) in [6, 6.07) is 0. The number of hydrogen-bond donors (Lipinski definition) is 0. The Labute approximate surface area is 131 Å². The molecule has 0 saturated carbocycles. The van der Waals surface area contributed by atoms with Crippen LogP contribution in [-0.2, 0) is 19.1 Å². The van der Waals surface area contributed by atoms with Gasteiger partial charge in [0.1, 0.15) is 5.92 Å². The fourth-order valence-corrected chi connectivity index (χ4v) is 2.18. The monoisotopic (exact) mass is 314 g/mol. The molecule has 0 aromatic carbocycles. The molecule has 21 heavy (non-hydrogen) atoms. The predicted octanol–water partition coefficient (Wildman–Crippen LogP) is 3.39. The molecule has 118 valence electrons. The Morgan fingerprint density at radius 2 is 1.71 bits per heavy atom. The number of rotatable bonds is 8. The smallest absolute Gasteiger partial charge is 0.332 e. The molecular weight excluding hydrogens is 292 g/mol. The second kappa shape index (κ2) is 8.88. The first-order chi connectivity index (χ1) is 10.1. The Balaban J connectivity index is 2.71. The summed E-state index contributed by atoms with van der Waals surface area (Å²) >= 11 is 6.36. The van der Waals surface area contributed by atoms with Crippen LogP contribution in [0.5, 0.6) is 0 Å². The summed E-state index contributed by atoms with van der Waals surface area (Å²) in [5, 5.41) is 0. The van der Waals surface area contributed by atoms with Crippen LogP contribution in [0.15, 0.2) is 24.3 Å². The van der Waals surface area contributed by atoms with Crippen molar-refractivity contribution in [2.75, 3.05) is 13.2 Å². The molecule has 0 aliphatic heterocycles. The van der Waals surface area contributed by atoms with Gasteiger partial charge in [-0.3, -0.25) is 4.79 Å². The fraction of sp³-hybridized carbons (Fsp3) is 0.625. The second-order valence-corrected chi connectivity index (χ2v) is 5.63. The van der Waals surface area contributed by atoms with E-state index in [9.17, 15) is 9.59 Å². The Hall–Kier alpha value is -1.29. The lowest BCUT2D eigenvalue weighted by Gasteiger charge is -2.29. The third-order valence-corrected chi connectivity index (χ3v) is 3.76. The van der Waals surface area contributed by atoms with Crippen molar-refractivity contribution in [1.29, 1.82) is 0 Å². The topological polar surface area (TPSA) is 52.6 Å². The maximum Gasteiger partial charge on any atom is 0.332 e. The minimum atomic E-state index is -1.51. The van der Waals surface area contributed by atoms with Gasteiger partial charge in [0.2, 0.25) is 0 Å². The molecule has 0 aromatic rings. The van der Waals surface area contributed by atoms with Crippen molar-refractivity contribution in [2.24, 2.45) is 5.92 Å². The van der Waals surface area contributed by atoms with Gasteiger partial charge >= 0.3 is 11.9 Å². The number of halogens is 1. The molecule has 4 nitrogen and oxygen atoms in total. The van der Waals surface area contributed by atoms with Gasteiger partial charge in [-0.2, -0.15) is 0 Å². The number of esters is 2. The Morgan fingerprint density at radius 3 is 2.33 bits per heavy atom. The number of carbonyl (C=O) groups is 2. The van der Waals surface area contributed by atoms with Crippen molar-refractivity contribution < 1.29 is 19.1 Å². The van der Waals surface area contributed by atoms with E-state index in [1.165, 1.54) is 6.08 Å². The largest absolute Gasteiger partial charge is 0.465 e. The first kappa shape index (κ1) is 17.8. The van der Waals surface area contributed by atoms with Crippen LogP contribution in [0.1, 0.15) is 39.5 Å². The highest BCUT2D eigenvalue weighted by atomic mass is 35.5. The van der Waals surface area contributed by atoms with E-state index in [0.29, 0.717) is 13.2 Å². The number of allylic oxidation sites excluding steroid dienone is 2. The molecule has 1 aliphatic carbocycles. The summed E-state index contributed by atoms with van der Waals surface area (Å²) in [7, 11) is 0. The zero-order valence-electron chi connectivity index (χ0n) is 12.6. The van der Waals surface area contributed by atoms with Crippen molar-refractivity contribution in [1.82, 2.24) is 0 Å². The van der Waals surface area contributed by atoms with Gasteiger partial charge in [0.25, 0.3) is 0 Å². The molecule has 5 heteroatoms. The van der Waals surface area contributed by atoms with Crippen molar-refractivity contribution in [3.05, 3.63) is 24.3 Å². The Morgan fingerprint density at radius 1 is 1.10 bits per heavy atom. The molecule has 2 atom stereocenters. The van der Waals surface area contributed by atoms with E-state index in [1.807, 2.05) is 13.8 Å². The molecule has 0 spiro atoms. The van der Waals surface area contributed by atoms with E-state index in [1.54, 1.807) is 18.2 Å². The van der Waals surface area contributed by atoms with Gasteiger partial charge in [0.05, 0.1) is 13.2 Å². The van der Waals surface area contributed by atoms with Gasteiger partial charge in [-0.1, -0.05) is 51.0 Å². The average Bonchev–Trinajstić information content (AvgIpc) is 2.48. The lowest BCUT2D eigenvalue weighted by atomic mass is 9.87. The molecular formula is C16H23ClO4. The molecule has 0 heterocycles. The Bertz CT molecular complexity index is 417. The SMILES string of the molecule is CCCCOC(=O)C1C=CC=CC1(Cl)C(=O)OCCCC. The van der Waals surface area contributed by atoms with Crippen LogP contribution in [0.25, 0.3) is 0 Å². The zero-order chi connectivity index (χ0) is 15.7. The van der Waals surface area contributed by atoms with Gasteiger partial charge < -0.3 is 9.47 Å². The zero-order valence-corrected chi connectivity index (χ0v) is 13.4. The third-order valence-electron chi connectivity index (χ3n) is 3.25. The van der Waals surface area contributed by atoms with Gasteiger partial charge in [-0.25, -0.2) is 4.79 Å². The standard InChI is InChI=1S/C16H23ClO4/c1-3-5-11-20-14(18)13-9-7-8-10-16(13,17)15(19)21-12-6-4-2/h7-10,13H,3-6,11-12H2,1-2H3. The van der Waals surface area contributed by atoms with Gasteiger partial charge in [-0.05, 0) is 12.8 Å². The molecule has 0 amide bonds. The summed E-state index contributed by atoms with van der Waals surface area (Å²) in [5.41, 5.74) is 0. The van der Waals surface area contributed by atoms with E-state index in [2.05, 4.69) is 0 Å². The fourth-order valence-electron chi connectivity index (χ4n) is 1.89. The van der Waals surface area contributed by atoms with Crippen molar-refractivity contribution in [3.63, 3.8) is 0 Å². The van der Waals surface area contributed by atoms with Crippen LogP contribution < -0.4 is 0 Å². The van der Waals surface area contributed by atoms with Crippen LogP contribution >= 0.6 is 11.6 Å². The van der Waals surface area contributed by atoms with Crippen molar-refractivity contribution in [2.45, 2.75) is 44.4 Å². The highest BCUT2D eigenvalue weighted by molar-refractivity contribution is 6.37. The number of unbranched alkanes of at least 4 members (excludes halogenated alkanes) is 2. The quantitative estimate of drug-likeness (QED) is 0.391. The maximum atomic E-state index is 12.2. The van der Waals surface area contributed by atoms with E-state index in [0.717, 1.165) is 25.7 Å². The van der Waals surface area contributed by atoms with Crippen LogP contribution in [-0.4, -0.2) is 30.0 Å². The van der Waals surface area contributed by atoms with Crippen molar-refractivity contribution >= 4 is 23.5 Å². The molecule has 0 saturated heterocycles. The second-order valence-electron chi connectivity index (χ2n) is 5.00. The van der Waals surface area contributed by atoms with Crippen LogP contribution in [0.2, 0.25) is 0 Å². The summed E-state index contributed by atoms with van der Waals surface area (Å²) in [4.78, 5) is 22.8. The summed E-state index contributed by atoms with van der Waals surface area (Å²) in [6.45, 7) is 4.65.